The van der Waals surface area contributed by atoms with Crippen molar-refractivity contribution in [3.8, 4) is 6.07 Å². The fourth-order valence-corrected chi connectivity index (χ4v) is 3.05. The Bertz CT molecular complexity index is 1160. The predicted molar refractivity (Wildman–Crippen MR) is 101 cm³/mol. The standard InChI is InChI=1S/C22H13F6N3O/c23-21(24,25)15-9-7-13(8-10-15)18(19-17(22(26,27)28)6-3-11-30-19)31-20(32)16-5-2-1-4-14(16)12-29/h1-11,18H,(H,31,32). The monoisotopic (exact) mass is 449 g/mol. The highest BCUT2D eigenvalue weighted by atomic mass is 19.4. The van der Waals surface area contributed by atoms with Crippen molar-refractivity contribution in [2.24, 2.45) is 0 Å². The molecule has 1 heterocycles. The quantitative estimate of drug-likeness (QED) is 0.534. The van der Waals surface area contributed by atoms with E-state index in [2.05, 4.69) is 10.3 Å². The van der Waals surface area contributed by atoms with Crippen LogP contribution in [0.3, 0.4) is 0 Å². The first-order chi connectivity index (χ1) is 15.0. The molecule has 0 radical (unpaired) electrons. The second kappa shape index (κ2) is 8.70. The summed E-state index contributed by atoms with van der Waals surface area (Å²) in [5.74, 6) is -0.883. The number of carbonyl (C=O) groups excluding carboxylic acids is 1. The number of nitrogens with one attached hydrogen (secondary N) is 1. The van der Waals surface area contributed by atoms with Crippen molar-refractivity contribution >= 4 is 5.91 Å². The predicted octanol–water partition coefficient (Wildman–Crippen LogP) is 5.51. The van der Waals surface area contributed by atoms with Gasteiger partial charge in [-0.3, -0.25) is 9.78 Å². The first-order valence-electron chi connectivity index (χ1n) is 9.01. The fraction of sp³-hybridized carbons (Fsp3) is 0.136. The van der Waals surface area contributed by atoms with Gasteiger partial charge in [0.1, 0.15) is 0 Å². The molecule has 0 saturated heterocycles. The van der Waals surface area contributed by atoms with E-state index in [0.29, 0.717) is 12.1 Å². The number of carbonyl (C=O) groups is 1. The van der Waals surface area contributed by atoms with E-state index in [1.165, 1.54) is 24.3 Å². The van der Waals surface area contributed by atoms with E-state index in [1.54, 1.807) is 0 Å². The van der Waals surface area contributed by atoms with Gasteiger partial charge in [0.15, 0.2) is 0 Å². The van der Waals surface area contributed by atoms with Crippen LogP contribution in [0.1, 0.15) is 44.3 Å². The lowest BCUT2D eigenvalue weighted by Gasteiger charge is -2.23. The minimum Gasteiger partial charge on any atom is -0.339 e. The van der Waals surface area contributed by atoms with Crippen LogP contribution in [-0.2, 0) is 12.4 Å². The van der Waals surface area contributed by atoms with Gasteiger partial charge in [0.05, 0.1) is 40.1 Å². The molecule has 164 valence electrons. The molecule has 2 aromatic carbocycles. The van der Waals surface area contributed by atoms with Gasteiger partial charge in [-0.1, -0.05) is 24.3 Å². The fourth-order valence-electron chi connectivity index (χ4n) is 3.05. The van der Waals surface area contributed by atoms with Crippen molar-refractivity contribution in [1.82, 2.24) is 10.3 Å². The molecule has 1 N–H and O–H groups in total. The Morgan fingerprint density at radius 2 is 1.56 bits per heavy atom. The first-order valence-corrected chi connectivity index (χ1v) is 9.01. The summed E-state index contributed by atoms with van der Waals surface area (Å²) in [6.45, 7) is 0. The van der Waals surface area contributed by atoms with Gasteiger partial charge in [-0.2, -0.15) is 31.6 Å². The molecule has 0 spiro atoms. The SMILES string of the molecule is N#Cc1ccccc1C(=O)NC(c1ccc(C(F)(F)F)cc1)c1ncccc1C(F)(F)F. The summed E-state index contributed by atoms with van der Waals surface area (Å²) >= 11 is 0. The Morgan fingerprint density at radius 1 is 0.906 bits per heavy atom. The summed E-state index contributed by atoms with van der Waals surface area (Å²) in [5.41, 5.74) is -2.92. The highest BCUT2D eigenvalue weighted by molar-refractivity contribution is 5.97. The van der Waals surface area contributed by atoms with Crippen LogP contribution >= 0.6 is 0 Å². The van der Waals surface area contributed by atoms with Crippen LogP contribution in [0.4, 0.5) is 26.3 Å². The molecule has 0 aliphatic rings. The lowest BCUT2D eigenvalue weighted by atomic mass is 9.97. The normalized spacial score (nSPS) is 12.7. The van der Waals surface area contributed by atoms with Gasteiger partial charge in [-0.25, -0.2) is 0 Å². The number of aromatic nitrogens is 1. The maximum Gasteiger partial charge on any atom is 0.418 e. The van der Waals surface area contributed by atoms with Crippen LogP contribution in [0.2, 0.25) is 0 Å². The second-order valence-electron chi connectivity index (χ2n) is 6.62. The number of pyridine rings is 1. The molecule has 0 aliphatic heterocycles. The lowest BCUT2D eigenvalue weighted by molar-refractivity contribution is -0.139. The maximum absolute atomic E-state index is 13.6. The Morgan fingerprint density at radius 3 is 2.16 bits per heavy atom. The third kappa shape index (κ3) is 4.88. The van der Waals surface area contributed by atoms with E-state index in [9.17, 15) is 36.4 Å². The molecular weight excluding hydrogens is 436 g/mol. The number of halogens is 6. The van der Waals surface area contributed by atoms with Crippen LogP contribution in [-0.4, -0.2) is 10.9 Å². The number of benzene rings is 2. The molecule has 0 saturated carbocycles. The van der Waals surface area contributed by atoms with Gasteiger partial charge in [0.2, 0.25) is 0 Å². The highest BCUT2D eigenvalue weighted by Gasteiger charge is 2.37. The molecule has 1 amide bonds. The van der Waals surface area contributed by atoms with Crippen LogP contribution in [0.25, 0.3) is 0 Å². The Kier molecular flexibility index (Phi) is 6.20. The van der Waals surface area contributed by atoms with E-state index in [4.69, 9.17) is 0 Å². The number of rotatable bonds is 4. The molecule has 0 fully saturated rings. The molecule has 32 heavy (non-hydrogen) atoms. The lowest BCUT2D eigenvalue weighted by Crippen LogP contribution is -2.32. The third-order valence-corrected chi connectivity index (χ3v) is 4.56. The molecule has 1 atom stereocenters. The van der Waals surface area contributed by atoms with Crippen molar-refractivity contribution in [1.29, 1.82) is 5.26 Å². The minimum absolute atomic E-state index is 0.0202. The molecule has 10 heteroatoms. The van der Waals surface area contributed by atoms with E-state index in [-0.39, 0.29) is 16.7 Å². The van der Waals surface area contributed by atoms with Gasteiger partial charge in [-0.15, -0.1) is 0 Å². The van der Waals surface area contributed by atoms with Crippen molar-refractivity contribution < 1.29 is 31.1 Å². The average molecular weight is 449 g/mol. The van der Waals surface area contributed by atoms with E-state index >= 15 is 0 Å². The summed E-state index contributed by atoms with van der Waals surface area (Å²) in [7, 11) is 0. The number of amides is 1. The number of alkyl halides is 6. The average Bonchev–Trinajstić information content (AvgIpc) is 2.76. The summed E-state index contributed by atoms with van der Waals surface area (Å²) in [4.78, 5) is 16.6. The van der Waals surface area contributed by atoms with Crippen molar-refractivity contribution in [3.05, 3.63) is 100 Å². The van der Waals surface area contributed by atoms with Gasteiger partial charge in [0.25, 0.3) is 5.91 Å². The van der Waals surface area contributed by atoms with Crippen molar-refractivity contribution in [2.45, 2.75) is 18.4 Å². The zero-order valence-corrected chi connectivity index (χ0v) is 16.0. The number of hydrogen-bond acceptors (Lipinski definition) is 3. The first kappa shape index (κ1) is 22.8. The molecule has 0 aliphatic carbocycles. The number of nitriles is 1. The molecule has 1 aromatic heterocycles. The molecule has 0 bridgehead atoms. The Balaban J connectivity index is 2.11. The van der Waals surface area contributed by atoms with E-state index in [1.807, 2.05) is 6.07 Å². The molecule has 4 nitrogen and oxygen atoms in total. The van der Waals surface area contributed by atoms with Gasteiger partial charge >= 0.3 is 12.4 Å². The summed E-state index contributed by atoms with van der Waals surface area (Å²) in [5, 5.41) is 11.6. The summed E-state index contributed by atoms with van der Waals surface area (Å²) in [6, 6.07) is 11.1. The second-order valence-corrected chi connectivity index (χ2v) is 6.62. The van der Waals surface area contributed by atoms with Crippen LogP contribution < -0.4 is 5.32 Å². The molecule has 3 aromatic rings. The van der Waals surface area contributed by atoms with Crippen molar-refractivity contribution in [3.63, 3.8) is 0 Å². The zero-order valence-electron chi connectivity index (χ0n) is 16.0. The van der Waals surface area contributed by atoms with Crippen molar-refractivity contribution in [2.75, 3.05) is 0 Å². The highest BCUT2D eigenvalue weighted by Crippen LogP contribution is 2.36. The number of nitrogens with zero attached hydrogens (tertiary/aromatic N) is 2. The summed E-state index contributed by atoms with van der Waals surface area (Å²) < 4.78 is 79.5. The zero-order chi connectivity index (χ0) is 23.5. The summed E-state index contributed by atoms with van der Waals surface area (Å²) in [6.07, 6.45) is -8.40. The number of hydrogen-bond donors (Lipinski definition) is 1. The van der Waals surface area contributed by atoms with Gasteiger partial charge in [0, 0.05) is 6.20 Å². The van der Waals surface area contributed by atoms with E-state index < -0.39 is 41.1 Å². The molecule has 3 rings (SSSR count). The smallest absolute Gasteiger partial charge is 0.339 e. The minimum atomic E-state index is -4.83. The maximum atomic E-state index is 13.6. The Labute approximate surface area is 178 Å². The van der Waals surface area contributed by atoms with Gasteiger partial charge < -0.3 is 5.32 Å². The molecule has 1 unspecified atom stereocenters. The topological polar surface area (TPSA) is 65.8 Å². The Hall–Kier alpha value is -3.87. The van der Waals surface area contributed by atoms with Crippen LogP contribution in [0.5, 0.6) is 0 Å². The third-order valence-electron chi connectivity index (χ3n) is 4.56. The largest absolute Gasteiger partial charge is 0.418 e. The van der Waals surface area contributed by atoms with Gasteiger partial charge in [-0.05, 0) is 42.0 Å². The molecular formula is C22H13F6N3O. The van der Waals surface area contributed by atoms with Crippen LogP contribution in [0, 0.1) is 11.3 Å². The van der Waals surface area contributed by atoms with Crippen LogP contribution in [0.15, 0.2) is 66.9 Å². The van der Waals surface area contributed by atoms with E-state index in [0.717, 1.165) is 30.5 Å².